The third-order valence-corrected chi connectivity index (χ3v) is 4.47. The van der Waals surface area contributed by atoms with Crippen molar-refractivity contribution in [1.29, 1.82) is 0 Å². The van der Waals surface area contributed by atoms with Gasteiger partial charge in [0.1, 0.15) is 0 Å². The van der Waals surface area contributed by atoms with Crippen molar-refractivity contribution in [3.63, 3.8) is 0 Å². The molecule has 0 aromatic heterocycles. The summed E-state index contributed by atoms with van der Waals surface area (Å²) >= 11 is 0. The molecule has 0 spiro atoms. The molecule has 1 saturated carbocycles. The van der Waals surface area contributed by atoms with Crippen molar-refractivity contribution in [3.8, 4) is 0 Å². The van der Waals surface area contributed by atoms with E-state index in [1.807, 2.05) is 0 Å². The Bertz CT molecular complexity index is 181. The summed E-state index contributed by atoms with van der Waals surface area (Å²) in [7, 11) is 2.34. The normalized spacial score (nSPS) is 25.8. The van der Waals surface area contributed by atoms with Crippen molar-refractivity contribution in [2.24, 2.45) is 0 Å². The van der Waals surface area contributed by atoms with Gasteiger partial charge in [0.05, 0.1) is 0 Å². The molecule has 0 amide bonds. The molecular weight excluding hydrogens is 208 g/mol. The first-order valence-corrected chi connectivity index (χ1v) is 7.68. The predicted molar refractivity (Wildman–Crippen MR) is 76.5 cm³/mol. The first-order chi connectivity index (χ1) is 8.22. The lowest BCUT2D eigenvalue weighted by Gasteiger charge is -2.39. The Hall–Kier alpha value is -0.0800. The first kappa shape index (κ1) is 15.0. The number of hydrogen-bond acceptors (Lipinski definition) is 2. The van der Waals surface area contributed by atoms with Gasteiger partial charge in [-0.25, -0.2) is 0 Å². The van der Waals surface area contributed by atoms with E-state index in [9.17, 15) is 0 Å². The molecule has 0 radical (unpaired) electrons. The Kier molecular flexibility index (Phi) is 7.14. The number of rotatable bonds is 7. The molecule has 1 fully saturated rings. The zero-order valence-corrected chi connectivity index (χ0v) is 12.3. The van der Waals surface area contributed by atoms with Crippen LogP contribution in [0.1, 0.15) is 65.7 Å². The molecule has 2 nitrogen and oxygen atoms in total. The van der Waals surface area contributed by atoms with Crippen LogP contribution in [-0.4, -0.2) is 36.6 Å². The molecule has 0 aliphatic heterocycles. The fourth-order valence-electron chi connectivity index (χ4n) is 3.20. The molecule has 0 unspecified atom stereocenters. The third kappa shape index (κ3) is 4.59. The van der Waals surface area contributed by atoms with Crippen molar-refractivity contribution in [2.45, 2.75) is 83.8 Å². The maximum absolute atomic E-state index is 3.67. The molecule has 2 heteroatoms. The van der Waals surface area contributed by atoms with Crippen molar-refractivity contribution in [1.82, 2.24) is 10.2 Å². The predicted octanol–water partition coefficient (Wildman–Crippen LogP) is 3.42. The molecule has 17 heavy (non-hydrogen) atoms. The van der Waals surface area contributed by atoms with Gasteiger partial charge in [0.25, 0.3) is 0 Å². The largest absolute Gasteiger partial charge is 0.314 e. The average molecular weight is 240 g/mol. The van der Waals surface area contributed by atoms with Crippen molar-refractivity contribution in [3.05, 3.63) is 0 Å². The van der Waals surface area contributed by atoms with Crippen LogP contribution in [0, 0.1) is 0 Å². The van der Waals surface area contributed by atoms with Crippen LogP contribution in [0.2, 0.25) is 0 Å². The van der Waals surface area contributed by atoms with Crippen molar-refractivity contribution < 1.29 is 0 Å². The zero-order chi connectivity index (χ0) is 12.7. The van der Waals surface area contributed by atoms with Gasteiger partial charge in [-0.1, -0.05) is 20.8 Å². The van der Waals surface area contributed by atoms with Gasteiger partial charge < -0.3 is 10.2 Å². The summed E-state index contributed by atoms with van der Waals surface area (Å²) in [6, 6.07) is 2.42. The molecule has 0 bridgehead atoms. The van der Waals surface area contributed by atoms with Gasteiger partial charge in [-0.3, -0.25) is 0 Å². The standard InChI is InChI=1S/C15H32N2/c1-5-12-16-13-8-10-15(11-9-13)17(4)14(6-2)7-3/h13-16H,5-12H2,1-4H3. The number of nitrogens with zero attached hydrogens (tertiary/aromatic N) is 1. The maximum Gasteiger partial charge on any atom is 0.00962 e. The van der Waals surface area contributed by atoms with Crippen LogP contribution in [0.3, 0.4) is 0 Å². The second-order valence-corrected chi connectivity index (χ2v) is 5.60. The summed E-state index contributed by atoms with van der Waals surface area (Å²) in [4.78, 5) is 2.65. The molecule has 0 aromatic rings. The SMILES string of the molecule is CCCNC1CCC(N(C)C(CC)CC)CC1. The Morgan fingerprint density at radius 2 is 1.65 bits per heavy atom. The molecule has 1 aliphatic rings. The quantitative estimate of drug-likeness (QED) is 0.733. The molecule has 0 heterocycles. The highest BCUT2D eigenvalue weighted by Crippen LogP contribution is 2.25. The summed E-state index contributed by atoms with van der Waals surface area (Å²) in [5, 5.41) is 3.67. The monoisotopic (exact) mass is 240 g/mol. The van der Waals surface area contributed by atoms with Crippen LogP contribution >= 0.6 is 0 Å². The van der Waals surface area contributed by atoms with Gasteiger partial charge >= 0.3 is 0 Å². The summed E-state index contributed by atoms with van der Waals surface area (Å²) in [5.41, 5.74) is 0. The fraction of sp³-hybridized carbons (Fsp3) is 1.00. The highest BCUT2D eigenvalue weighted by atomic mass is 15.2. The van der Waals surface area contributed by atoms with Crippen molar-refractivity contribution in [2.75, 3.05) is 13.6 Å². The lowest BCUT2D eigenvalue weighted by molar-refractivity contribution is 0.121. The second kappa shape index (κ2) is 8.10. The highest BCUT2D eigenvalue weighted by Gasteiger charge is 2.26. The van der Waals surface area contributed by atoms with Crippen LogP contribution in [0.25, 0.3) is 0 Å². The van der Waals surface area contributed by atoms with E-state index in [1.165, 1.54) is 51.5 Å². The van der Waals surface area contributed by atoms with E-state index < -0.39 is 0 Å². The first-order valence-electron chi connectivity index (χ1n) is 7.68. The van der Waals surface area contributed by atoms with Crippen LogP contribution in [0.4, 0.5) is 0 Å². The highest BCUT2D eigenvalue weighted by molar-refractivity contribution is 4.83. The molecular formula is C15H32N2. The topological polar surface area (TPSA) is 15.3 Å². The molecule has 1 aliphatic carbocycles. The molecule has 0 atom stereocenters. The minimum atomic E-state index is 0.792. The summed E-state index contributed by atoms with van der Waals surface area (Å²) in [6.07, 6.45) is 9.35. The zero-order valence-electron chi connectivity index (χ0n) is 12.3. The molecule has 0 saturated heterocycles. The molecule has 1 rings (SSSR count). The van der Waals surface area contributed by atoms with Crippen LogP contribution in [0.5, 0.6) is 0 Å². The Morgan fingerprint density at radius 1 is 1.06 bits per heavy atom. The van der Waals surface area contributed by atoms with Crippen LogP contribution in [-0.2, 0) is 0 Å². The van der Waals surface area contributed by atoms with Gasteiger partial charge in [-0.05, 0) is 58.5 Å². The van der Waals surface area contributed by atoms with E-state index >= 15 is 0 Å². The number of hydrogen-bond donors (Lipinski definition) is 1. The van der Waals surface area contributed by atoms with Gasteiger partial charge in [-0.2, -0.15) is 0 Å². The second-order valence-electron chi connectivity index (χ2n) is 5.60. The van der Waals surface area contributed by atoms with E-state index in [1.54, 1.807) is 0 Å². The number of nitrogens with one attached hydrogen (secondary N) is 1. The average Bonchev–Trinajstić information content (AvgIpc) is 2.38. The van der Waals surface area contributed by atoms with Gasteiger partial charge in [0, 0.05) is 18.1 Å². The molecule has 102 valence electrons. The Labute approximate surface area is 108 Å². The lowest BCUT2D eigenvalue weighted by Crippen LogP contribution is -2.44. The lowest BCUT2D eigenvalue weighted by atomic mass is 9.89. The van der Waals surface area contributed by atoms with Crippen molar-refractivity contribution >= 4 is 0 Å². The molecule has 1 N–H and O–H groups in total. The van der Waals surface area contributed by atoms with Gasteiger partial charge in [0.15, 0.2) is 0 Å². The van der Waals surface area contributed by atoms with Gasteiger partial charge in [-0.15, -0.1) is 0 Å². The summed E-state index contributed by atoms with van der Waals surface area (Å²) in [6.45, 7) is 8.08. The van der Waals surface area contributed by atoms with Crippen LogP contribution < -0.4 is 5.32 Å². The molecule has 0 aromatic carbocycles. The van der Waals surface area contributed by atoms with E-state index in [0.717, 1.165) is 18.1 Å². The summed E-state index contributed by atoms with van der Waals surface area (Å²) < 4.78 is 0. The van der Waals surface area contributed by atoms with E-state index in [2.05, 4.69) is 38.0 Å². The van der Waals surface area contributed by atoms with E-state index in [0.29, 0.717) is 0 Å². The maximum atomic E-state index is 3.67. The van der Waals surface area contributed by atoms with Gasteiger partial charge in [0.2, 0.25) is 0 Å². The van der Waals surface area contributed by atoms with E-state index in [4.69, 9.17) is 0 Å². The minimum Gasteiger partial charge on any atom is -0.314 e. The van der Waals surface area contributed by atoms with E-state index in [-0.39, 0.29) is 0 Å². The van der Waals surface area contributed by atoms with Crippen LogP contribution in [0.15, 0.2) is 0 Å². The Balaban J connectivity index is 2.30. The minimum absolute atomic E-state index is 0.792. The fourth-order valence-corrected chi connectivity index (χ4v) is 3.20. The smallest absolute Gasteiger partial charge is 0.00962 e. The third-order valence-electron chi connectivity index (χ3n) is 4.47. The Morgan fingerprint density at radius 3 is 2.12 bits per heavy atom. The summed E-state index contributed by atoms with van der Waals surface area (Å²) in [5.74, 6) is 0.